The highest BCUT2D eigenvalue weighted by Crippen LogP contribution is 2.31. The van der Waals surface area contributed by atoms with Gasteiger partial charge in [0.1, 0.15) is 0 Å². The minimum Gasteiger partial charge on any atom is -0.376 e. The van der Waals surface area contributed by atoms with Crippen LogP contribution in [0.5, 0.6) is 0 Å². The molecule has 0 radical (unpaired) electrons. The van der Waals surface area contributed by atoms with Gasteiger partial charge in [0.25, 0.3) is 0 Å². The summed E-state index contributed by atoms with van der Waals surface area (Å²) in [6.45, 7) is 4.52. The third-order valence-corrected chi connectivity index (χ3v) is 3.73. The van der Waals surface area contributed by atoms with E-state index in [1.54, 1.807) is 6.07 Å². The van der Waals surface area contributed by atoms with Gasteiger partial charge in [-0.15, -0.1) is 0 Å². The standard InChI is InChI=1S/C12H17N5O3/c1-3-12(4-2,7-13)14-8-5-6-9(17(18)19)11-10(8)15-20-16-11/h5-6,14H,3-4,7,13H2,1-2H3. The second-order valence-electron chi connectivity index (χ2n) is 4.67. The summed E-state index contributed by atoms with van der Waals surface area (Å²) in [5.74, 6) is 0. The van der Waals surface area contributed by atoms with E-state index in [4.69, 9.17) is 5.73 Å². The molecule has 2 aromatic rings. The van der Waals surface area contributed by atoms with E-state index in [0.29, 0.717) is 17.7 Å². The highest BCUT2D eigenvalue weighted by molar-refractivity contribution is 5.93. The Morgan fingerprint density at radius 3 is 2.55 bits per heavy atom. The van der Waals surface area contributed by atoms with Crippen LogP contribution in [0.15, 0.2) is 16.8 Å². The smallest absolute Gasteiger partial charge is 0.300 e. The molecule has 20 heavy (non-hydrogen) atoms. The Bertz CT molecular complexity index is 612. The van der Waals surface area contributed by atoms with Crippen LogP contribution in [0.4, 0.5) is 11.4 Å². The van der Waals surface area contributed by atoms with E-state index in [0.717, 1.165) is 12.8 Å². The van der Waals surface area contributed by atoms with Crippen molar-refractivity contribution in [1.29, 1.82) is 0 Å². The Labute approximate surface area is 115 Å². The lowest BCUT2D eigenvalue weighted by Crippen LogP contribution is -2.44. The van der Waals surface area contributed by atoms with Gasteiger partial charge in [-0.3, -0.25) is 10.1 Å². The number of non-ortho nitro benzene ring substituents is 1. The molecule has 0 saturated heterocycles. The van der Waals surface area contributed by atoms with Gasteiger partial charge in [-0.25, -0.2) is 4.63 Å². The van der Waals surface area contributed by atoms with Crippen molar-refractivity contribution >= 4 is 22.4 Å². The number of nitro groups is 1. The fourth-order valence-electron chi connectivity index (χ4n) is 2.15. The van der Waals surface area contributed by atoms with Crippen molar-refractivity contribution in [3.63, 3.8) is 0 Å². The van der Waals surface area contributed by atoms with Crippen molar-refractivity contribution in [2.75, 3.05) is 11.9 Å². The monoisotopic (exact) mass is 279 g/mol. The molecule has 3 N–H and O–H groups in total. The van der Waals surface area contributed by atoms with Crippen LogP contribution in [-0.2, 0) is 0 Å². The van der Waals surface area contributed by atoms with Gasteiger partial charge in [0.05, 0.1) is 10.6 Å². The van der Waals surface area contributed by atoms with Crippen molar-refractivity contribution in [2.24, 2.45) is 5.73 Å². The van der Waals surface area contributed by atoms with E-state index < -0.39 is 4.92 Å². The van der Waals surface area contributed by atoms with Crippen LogP contribution in [0.3, 0.4) is 0 Å². The fraction of sp³-hybridized carbons (Fsp3) is 0.500. The molecule has 0 aliphatic heterocycles. The van der Waals surface area contributed by atoms with Crippen molar-refractivity contribution in [3.8, 4) is 0 Å². The fourth-order valence-corrected chi connectivity index (χ4v) is 2.15. The maximum absolute atomic E-state index is 10.9. The zero-order valence-corrected chi connectivity index (χ0v) is 11.4. The molecule has 0 unspecified atom stereocenters. The maximum atomic E-state index is 10.9. The van der Waals surface area contributed by atoms with Gasteiger partial charge in [0.2, 0.25) is 5.52 Å². The van der Waals surface area contributed by atoms with Gasteiger partial charge in [0.15, 0.2) is 5.52 Å². The number of aromatic nitrogens is 2. The molecule has 0 atom stereocenters. The predicted molar refractivity (Wildman–Crippen MR) is 74.4 cm³/mol. The summed E-state index contributed by atoms with van der Waals surface area (Å²) < 4.78 is 4.64. The molecule has 108 valence electrons. The minimum absolute atomic E-state index is 0.127. The first-order valence-corrected chi connectivity index (χ1v) is 6.44. The molecule has 0 saturated carbocycles. The molecular weight excluding hydrogens is 262 g/mol. The SMILES string of the molecule is CCC(CC)(CN)Nc1ccc([N+](=O)[O-])c2nonc12. The summed E-state index contributed by atoms with van der Waals surface area (Å²) in [5, 5.41) is 21.6. The zero-order valence-electron chi connectivity index (χ0n) is 11.4. The molecule has 8 nitrogen and oxygen atoms in total. The van der Waals surface area contributed by atoms with E-state index in [-0.39, 0.29) is 16.7 Å². The molecule has 0 aliphatic rings. The number of nitrogens with one attached hydrogen (secondary N) is 1. The van der Waals surface area contributed by atoms with Gasteiger partial charge < -0.3 is 11.1 Å². The maximum Gasteiger partial charge on any atom is 0.300 e. The van der Waals surface area contributed by atoms with Gasteiger partial charge in [-0.2, -0.15) is 0 Å². The van der Waals surface area contributed by atoms with Crippen LogP contribution in [0.1, 0.15) is 26.7 Å². The zero-order chi connectivity index (χ0) is 14.8. The number of nitro benzene ring substituents is 1. The summed E-state index contributed by atoms with van der Waals surface area (Å²) in [6, 6.07) is 3.00. The molecule has 0 bridgehead atoms. The summed E-state index contributed by atoms with van der Waals surface area (Å²) >= 11 is 0. The average molecular weight is 279 g/mol. The Hall–Kier alpha value is -2.22. The van der Waals surface area contributed by atoms with Crippen molar-refractivity contribution in [2.45, 2.75) is 32.2 Å². The lowest BCUT2D eigenvalue weighted by Gasteiger charge is -2.32. The van der Waals surface area contributed by atoms with Crippen LogP contribution >= 0.6 is 0 Å². The summed E-state index contributed by atoms with van der Waals surface area (Å²) in [5.41, 5.74) is 6.56. The second kappa shape index (κ2) is 5.41. The van der Waals surface area contributed by atoms with Crippen LogP contribution in [-0.4, -0.2) is 27.3 Å². The Kier molecular flexibility index (Phi) is 3.84. The van der Waals surface area contributed by atoms with Gasteiger partial charge in [0, 0.05) is 18.2 Å². The second-order valence-corrected chi connectivity index (χ2v) is 4.67. The molecule has 0 aliphatic carbocycles. The lowest BCUT2D eigenvalue weighted by atomic mass is 9.92. The Morgan fingerprint density at radius 1 is 1.35 bits per heavy atom. The topological polar surface area (TPSA) is 120 Å². The summed E-state index contributed by atoms with van der Waals surface area (Å²) in [7, 11) is 0. The van der Waals surface area contributed by atoms with Crippen LogP contribution < -0.4 is 11.1 Å². The van der Waals surface area contributed by atoms with Crippen LogP contribution in [0, 0.1) is 10.1 Å². The Balaban J connectivity index is 2.49. The van der Waals surface area contributed by atoms with Crippen molar-refractivity contribution in [1.82, 2.24) is 10.3 Å². The molecule has 1 heterocycles. The first kappa shape index (κ1) is 14.2. The molecular formula is C12H17N5O3. The van der Waals surface area contributed by atoms with Gasteiger partial charge in [-0.05, 0) is 29.2 Å². The van der Waals surface area contributed by atoms with Gasteiger partial charge >= 0.3 is 5.69 Å². The van der Waals surface area contributed by atoms with Crippen molar-refractivity contribution in [3.05, 3.63) is 22.2 Å². The minimum atomic E-state index is -0.508. The third kappa shape index (κ3) is 2.29. The average Bonchev–Trinajstić information content (AvgIpc) is 2.94. The summed E-state index contributed by atoms with van der Waals surface area (Å²) in [6.07, 6.45) is 1.65. The number of nitrogens with two attached hydrogens (primary N) is 1. The van der Waals surface area contributed by atoms with Crippen LogP contribution in [0.25, 0.3) is 11.0 Å². The number of anilines is 1. The molecule has 1 aromatic carbocycles. The number of hydrogen-bond donors (Lipinski definition) is 2. The first-order valence-electron chi connectivity index (χ1n) is 6.44. The largest absolute Gasteiger partial charge is 0.376 e. The van der Waals surface area contributed by atoms with E-state index in [2.05, 4.69) is 20.3 Å². The molecule has 0 fully saturated rings. The summed E-state index contributed by atoms with van der Waals surface area (Å²) in [4.78, 5) is 10.4. The van der Waals surface area contributed by atoms with Gasteiger partial charge in [-0.1, -0.05) is 13.8 Å². The number of nitrogens with zero attached hydrogens (tertiary/aromatic N) is 3. The Morgan fingerprint density at radius 2 is 2.00 bits per heavy atom. The number of fused-ring (bicyclic) bond motifs is 1. The van der Waals surface area contributed by atoms with E-state index >= 15 is 0 Å². The quantitative estimate of drug-likeness (QED) is 0.613. The van der Waals surface area contributed by atoms with Crippen LogP contribution in [0.2, 0.25) is 0 Å². The lowest BCUT2D eigenvalue weighted by molar-refractivity contribution is -0.383. The molecule has 0 amide bonds. The number of benzene rings is 1. The molecule has 2 rings (SSSR count). The highest BCUT2D eigenvalue weighted by atomic mass is 16.6. The first-order chi connectivity index (χ1) is 9.56. The van der Waals surface area contributed by atoms with E-state index in [9.17, 15) is 10.1 Å². The van der Waals surface area contributed by atoms with E-state index in [1.165, 1.54) is 6.07 Å². The molecule has 1 aromatic heterocycles. The number of rotatable bonds is 6. The van der Waals surface area contributed by atoms with E-state index in [1.807, 2.05) is 13.8 Å². The number of hydrogen-bond acceptors (Lipinski definition) is 7. The van der Waals surface area contributed by atoms with Crippen molar-refractivity contribution < 1.29 is 9.55 Å². The predicted octanol–water partition coefficient (Wildman–Crippen LogP) is 2.06. The molecule has 8 heteroatoms. The third-order valence-electron chi connectivity index (χ3n) is 3.73. The normalized spacial score (nSPS) is 11.8. The highest BCUT2D eigenvalue weighted by Gasteiger charge is 2.27. The molecule has 0 spiro atoms.